The second-order valence-electron chi connectivity index (χ2n) is 5.01. The minimum Gasteiger partial charge on any atom is -0.305 e. The summed E-state index contributed by atoms with van der Waals surface area (Å²) < 4.78 is 0. The standard InChI is InChI=1S/C15H18N2S/c1-11-6-7-15(14-5-3-2-4-13(11)14)17-9-12-8-16-10-18-12/h2-5,8,10-11,15,17H,6-7,9H2,1H3. The van der Waals surface area contributed by atoms with Crippen LogP contribution in [-0.4, -0.2) is 4.98 Å². The summed E-state index contributed by atoms with van der Waals surface area (Å²) in [7, 11) is 0. The van der Waals surface area contributed by atoms with Crippen molar-refractivity contribution >= 4 is 11.3 Å². The highest BCUT2D eigenvalue weighted by atomic mass is 32.1. The van der Waals surface area contributed by atoms with E-state index in [1.165, 1.54) is 28.8 Å². The topological polar surface area (TPSA) is 24.9 Å². The molecular formula is C15H18N2S. The SMILES string of the molecule is CC1CCC(NCc2cncs2)c2ccccc21. The minimum absolute atomic E-state index is 0.500. The summed E-state index contributed by atoms with van der Waals surface area (Å²) in [4.78, 5) is 5.43. The van der Waals surface area contributed by atoms with Crippen molar-refractivity contribution in [2.75, 3.05) is 0 Å². The van der Waals surface area contributed by atoms with Gasteiger partial charge in [-0.05, 0) is 29.9 Å². The number of nitrogens with zero attached hydrogens (tertiary/aromatic N) is 1. The zero-order chi connectivity index (χ0) is 12.4. The molecular weight excluding hydrogens is 240 g/mol. The monoisotopic (exact) mass is 258 g/mol. The van der Waals surface area contributed by atoms with Gasteiger partial charge < -0.3 is 5.32 Å². The van der Waals surface area contributed by atoms with Gasteiger partial charge in [0.05, 0.1) is 5.51 Å². The molecule has 0 aliphatic heterocycles. The molecule has 2 aromatic rings. The lowest BCUT2D eigenvalue weighted by molar-refractivity contribution is 0.432. The van der Waals surface area contributed by atoms with E-state index < -0.39 is 0 Å². The third-order valence-electron chi connectivity index (χ3n) is 3.80. The van der Waals surface area contributed by atoms with Gasteiger partial charge in [0.25, 0.3) is 0 Å². The van der Waals surface area contributed by atoms with E-state index in [2.05, 4.69) is 41.5 Å². The van der Waals surface area contributed by atoms with E-state index in [9.17, 15) is 0 Å². The van der Waals surface area contributed by atoms with Crippen LogP contribution in [0.1, 0.15) is 47.7 Å². The first-order valence-electron chi connectivity index (χ1n) is 6.54. The molecule has 1 aromatic heterocycles. The van der Waals surface area contributed by atoms with E-state index in [0.29, 0.717) is 12.0 Å². The van der Waals surface area contributed by atoms with Gasteiger partial charge >= 0.3 is 0 Å². The summed E-state index contributed by atoms with van der Waals surface area (Å²) in [6.45, 7) is 3.26. The highest BCUT2D eigenvalue weighted by molar-refractivity contribution is 7.09. The van der Waals surface area contributed by atoms with E-state index in [-0.39, 0.29) is 0 Å². The number of hydrogen-bond acceptors (Lipinski definition) is 3. The number of benzene rings is 1. The molecule has 94 valence electrons. The van der Waals surface area contributed by atoms with Crippen LogP contribution in [-0.2, 0) is 6.54 Å². The molecule has 0 saturated carbocycles. The van der Waals surface area contributed by atoms with Crippen LogP contribution < -0.4 is 5.32 Å². The minimum atomic E-state index is 0.500. The maximum Gasteiger partial charge on any atom is 0.0794 e. The number of fused-ring (bicyclic) bond motifs is 1. The third kappa shape index (κ3) is 2.33. The lowest BCUT2D eigenvalue weighted by atomic mass is 9.81. The van der Waals surface area contributed by atoms with Gasteiger partial charge in [0.15, 0.2) is 0 Å². The molecule has 18 heavy (non-hydrogen) atoms. The van der Waals surface area contributed by atoms with Gasteiger partial charge in [-0.3, -0.25) is 4.98 Å². The summed E-state index contributed by atoms with van der Waals surface area (Å²) in [6, 6.07) is 9.36. The molecule has 1 aliphatic rings. The Morgan fingerprint density at radius 2 is 2.11 bits per heavy atom. The highest BCUT2D eigenvalue weighted by Crippen LogP contribution is 2.37. The molecule has 3 heteroatoms. The Balaban J connectivity index is 1.76. The summed E-state index contributed by atoms with van der Waals surface area (Å²) in [5.74, 6) is 0.697. The van der Waals surface area contributed by atoms with Crippen molar-refractivity contribution < 1.29 is 0 Å². The predicted molar refractivity (Wildman–Crippen MR) is 75.8 cm³/mol. The molecule has 2 atom stereocenters. The molecule has 3 rings (SSSR count). The Morgan fingerprint density at radius 1 is 1.28 bits per heavy atom. The van der Waals surface area contributed by atoms with E-state index in [1.807, 2.05) is 11.7 Å². The van der Waals surface area contributed by atoms with Crippen LogP contribution in [0.25, 0.3) is 0 Å². The molecule has 0 fully saturated rings. The molecule has 0 saturated heterocycles. The van der Waals surface area contributed by atoms with E-state index in [1.54, 1.807) is 11.3 Å². The molecule has 0 spiro atoms. The van der Waals surface area contributed by atoms with Gasteiger partial charge in [0, 0.05) is 23.7 Å². The molecule has 0 amide bonds. The van der Waals surface area contributed by atoms with Crippen molar-refractivity contribution in [3.05, 3.63) is 52.0 Å². The number of aromatic nitrogens is 1. The van der Waals surface area contributed by atoms with Crippen LogP contribution in [0.2, 0.25) is 0 Å². The zero-order valence-corrected chi connectivity index (χ0v) is 11.4. The molecule has 1 heterocycles. The first-order chi connectivity index (χ1) is 8.84. The maximum absolute atomic E-state index is 4.12. The average Bonchev–Trinajstić information content (AvgIpc) is 2.92. The number of rotatable bonds is 3. The Hall–Kier alpha value is -1.19. The first kappa shape index (κ1) is 11.9. The van der Waals surface area contributed by atoms with E-state index >= 15 is 0 Å². The van der Waals surface area contributed by atoms with E-state index in [4.69, 9.17) is 0 Å². The van der Waals surface area contributed by atoms with Crippen molar-refractivity contribution in [2.24, 2.45) is 0 Å². The van der Waals surface area contributed by atoms with Crippen LogP contribution in [0.15, 0.2) is 36.0 Å². The van der Waals surface area contributed by atoms with Crippen molar-refractivity contribution in [1.29, 1.82) is 0 Å². The van der Waals surface area contributed by atoms with Crippen LogP contribution in [0.5, 0.6) is 0 Å². The Labute approximate surface area is 112 Å². The second kappa shape index (κ2) is 5.21. The number of hydrogen-bond donors (Lipinski definition) is 1. The van der Waals surface area contributed by atoms with Crippen molar-refractivity contribution in [1.82, 2.24) is 10.3 Å². The van der Waals surface area contributed by atoms with Gasteiger partial charge in [-0.1, -0.05) is 31.2 Å². The van der Waals surface area contributed by atoms with Gasteiger partial charge in [0.1, 0.15) is 0 Å². The lowest BCUT2D eigenvalue weighted by Gasteiger charge is -2.30. The molecule has 2 unspecified atom stereocenters. The molecule has 0 radical (unpaired) electrons. The van der Waals surface area contributed by atoms with Gasteiger partial charge in [-0.15, -0.1) is 11.3 Å². The van der Waals surface area contributed by atoms with Crippen molar-refractivity contribution in [2.45, 2.75) is 38.3 Å². The summed E-state index contributed by atoms with van der Waals surface area (Å²) in [6.07, 6.45) is 4.46. The molecule has 1 aliphatic carbocycles. The highest BCUT2D eigenvalue weighted by Gasteiger charge is 2.23. The Bertz CT molecular complexity index is 507. The summed E-state index contributed by atoms with van der Waals surface area (Å²) >= 11 is 1.72. The molecule has 1 aromatic carbocycles. The van der Waals surface area contributed by atoms with Crippen LogP contribution in [0.3, 0.4) is 0 Å². The first-order valence-corrected chi connectivity index (χ1v) is 7.42. The second-order valence-corrected chi connectivity index (χ2v) is 5.98. The quantitative estimate of drug-likeness (QED) is 0.904. The van der Waals surface area contributed by atoms with Gasteiger partial charge in [-0.2, -0.15) is 0 Å². The normalized spacial score (nSPS) is 22.7. The molecule has 0 bridgehead atoms. The predicted octanol–water partition coefficient (Wildman–Crippen LogP) is 3.87. The molecule has 1 N–H and O–H groups in total. The van der Waals surface area contributed by atoms with Gasteiger partial charge in [-0.25, -0.2) is 0 Å². The van der Waals surface area contributed by atoms with Crippen LogP contribution in [0, 0.1) is 0 Å². The van der Waals surface area contributed by atoms with E-state index in [0.717, 1.165) is 6.54 Å². The lowest BCUT2D eigenvalue weighted by Crippen LogP contribution is -2.25. The third-order valence-corrected chi connectivity index (χ3v) is 4.58. The smallest absolute Gasteiger partial charge is 0.0794 e. The van der Waals surface area contributed by atoms with Crippen molar-refractivity contribution in [3.63, 3.8) is 0 Å². The number of nitrogens with one attached hydrogen (secondary N) is 1. The molecule has 2 nitrogen and oxygen atoms in total. The fraction of sp³-hybridized carbons (Fsp3) is 0.400. The summed E-state index contributed by atoms with van der Waals surface area (Å²) in [5.41, 5.74) is 4.90. The Morgan fingerprint density at radius 3 is 2.89 bits per heavy atom. The summed E-state index contributed by atoms with van der Waals surface area (Å²) in [5, 5.41) is 3.67. The maximum atomic E-state index is 4.12. The zero-order valence-electron chi connectivity index (χ0n) is 10.6. The van der Waals surface area contributed by atoms with Crippen LogP contribution in [0.4, 0.5) is 0 Å². The fourth-order valence-corrected chi connectivity index (χ4v) is 3.32. The van der Waals surface area contributed by atoms with Gasteiger partial charge in [0.2, 0.25) is 0 Å². The van der Waals surface area contributed by atoms with Crippen LogP contribution >= 0.6 is 11.3 Å². The fourth-order valence-electron chi connectivity index (χ4n) is 2.77. The largest absolute Gasteiger partial charge is 0.305 e. The Kier molecular flexibility index (Phi) is 3.43. The number of thiazole rings is 1. The average molecular weight is 258 g/mol. The van der Waals surface area contributed by atoms with Crippen molar-refractivity contribution in [3.8, 4) is 0 Å².